The Morgan fingerprint density at radius 1 is 1.37 bits per heavy atom. The number of benzene rings is 1. The highest BCUT2D eigenvalue weighted by Gasteiger charge is 2.26. The fourth-order valence-corrected chi connectivity index (χ4v) is 4.32. The van der Waals surface area contributed by atoms with Gasteiger partial charge in [-0.2, -0.15) is 4.31 Å². The maximum absolute atomic E-state index is 12.5. The highest BCUT2D eigenvalue weighted by atomic mass is 79.9. The summed E-state index contributed by atoms with van der Waals surface area (Å²) in [5.74, 6) is 0. The molecule has 1 saturated heterocycles. The quantitative estimate of drug-likeness (QED) is 0.840. The number of rotatable bonds is 4. The van der Waals surface area contributed by atoms with Crippen LogP contribution in [0.25, 0.3) is 0 Å². The van der Waals surface area contributed by atoms with Gasteiger partial charge in [0.1, 0.15) is 0 Å². The Morgan fingerprint density at radius 3 is 2.74 bits per heavy atom. The van der Waals surface area contributed by atoms with Crippen LogP contribution < -0.4 is 0 Å². The third-order valence-corrected chi connectivity index (χ3v) is 6.10. The number of ether oxygens (including phenoxy) is 1. The van der Waals surface area contributed by atoms with E-state index in [-0.39, 0.29) is 6.10 Å². The van der Waals surface area contributed by atoms with Crippen LogP contribution in [0, 0.1) is 0 Å². The summed E-state index contributed by atoms with van der Waals surface area (Å²) in [5.41, 5.74) is 0. The Bertz CT molecular complexity index is 526. The second kappa shape index (κ2) is 6.35. The minimum absolute atomic E-state index is 0.0102. The third kappa shape index (κ3) is 3.56. The minimum atomic E-state index is -3.46. The Balaban J connectivity index is 2.13. The molecule has 1 unspecified atom stereocenters. The van der Waals surface area contributed by atoms with Crippen molar-refractivity contribution in [1.82, 2.24) is 4.31 Å². The third-order valence-electron chi connectivity index (χ3n) is 3.26. The molecule has 2 rings (SSSR count). The van der Waals surface area contributed by atoms with Gasteiger partial charge in [0.25, 0.3) is 0 Å². The molecule has 0 aliphatic carbocycles. The van der Waals surface area contributed by atoms with Crippen molar-refractivity contribution >= 4 is 26.0 Å². The number of halogens is 1. The topological polar surface area (TPSA) is 46.6 Å². The van der Waals surface area contributed by atoms with Crippen LogP contribution in [0.5, 0.6) is 0 Å². The molecule has 1 heterocycles. The molecule has 0 bridgehead atoms. The Kier molecular flexibility index (Phi) is 5.00. The van der Waals surface area contributed by atoms with E-state index in [1.807, 2.05) is 0 Å². The molecule has 0 aromatic heterocycles. The standard InChI is InChI=1S/C13H18BrNO3S/c1-15(10-11-6-4-5-9-18-11)19(16,17)13-8-3-2-7-12(13)14/h2-3,7-8,11H,4-6,9-10H2,1H3. The van der Waals surface area contributed by atoms with Crippen molar-refractivity contribution in [3.63, 3.8) is 0 Å². The summed E-state index contributed by atoms with van der Waals surface area (Å²) in [6.07, 6.45) is 3.11. The van der Waals surface area contributed by atoms with Crippen LogP contribution in [0.1, 0.15) is 19.3 Å². The zero-order chi connectivity index (χ0) is 13.9. The zero-order valence-electron chi connectivity index (χ0n) is 10.9. The van der Waals surface area contributed by atoms with Crippen LogP contribution in [0.15, 0.2) is 33.6 Å². The van der Waals surface area contributed by atoms with Crippen LogP contribution in [0.4, 0.5) is 0 Å². The van der Waals surface area contributed by atoms with E-state index in [1.54, 1.807) is 31.3 Å². The summed E-state index contributed by atoms with van der Waals surface area (Å²) < 4.78 is 32.5. The van der Waals surface area contributed by atoms with E-state index >= 15 is 0 Å². The smallest absolute Gasteiger partial charge is 0.244 e. The average molecular weight is 348 g/mol. The van der Waals surface area contributed by atoms with Gasteiger partial charge in [-0.25, -0.2) is 8.42 Å². The lowest BCUT2D eigenvalue weighted by molar-refractivity contribution is 0.00858. The molecule has 1 aliphatic rings. The molecule has 1 atom stereocenters. The average Bonchev–Trinajstić information content (AvgIpc) is 2.40. The second-order valence-corrected chi connectivity index (χ2v) is 7.57. The first-order valence-electron chi connectivity index (χ1n) is 6.34. The SMILES string of the molecule is CN(CC1CCCCO1)S(=O)(=O)c1ccccc1Br. The molecule has 0 saturated carbocycles. The van der Waals surface area contributed by atoms with Gasteiger partial charge in [0, 0.05) is 24.7 Å². The van der Waals surface area contributed by atoms with Crippen LogP contribution in [-0.2, 0) is 14.8 Å². The van der Waals surface area contributed by atoms with Gasteiger partial charge < -0.3 is 4.74 Å². The molecule has 0 N–H and O–H groups in total. The number of hydrogen-bond donors (Lipinski definition) is 0. The molecular formula is C13H18BrNO3S. The first-order chi connectivity index (χ1) is 9.01. The van der Waals surface area contributed by atoms with Crippen LogP contribution in [-0.4, -0.2) is 39.0 Å². The molecule has 1 aromatic carbocycles. The fourth-order valence-electron chi connectivity index (χ4n) is 2.16. The zero-order valence-corrected chi connectivity index (χ0v) is 13.3. The summed E-state index contributed by atoms with van der Waals surface area (Å²) >= 11 is 3.29. The van der Waals surface area contributed by atoms with E-state index in [0.717, 1.165) is 25.9 Å². The van der Waals surface area contributed by atoms with E-state index in [2.05, 4.69) is 15.9 Å². The molecule has 6 heteroatoms. The van der Waals surface area contributed by atoms with Gasteiger partial charge in [0.2, 0.25) is 10.0 Å². The van der Waals surface area contributed by atoms with Crippen molar-refractivity contribution in [2.75, 3.05) is 20.2 Å². The summed E-state index contributed by atoms with van der Waals surface area (Å²) in [5, 5.41) is 0. The van der Waals surface area contributed by atoms with Gasteiger partial charge in [0.15, 0.2) is 0 Å². The number of hydrogen-bond acceptors (Lipinski definition) is 3. The normalized spacial score (nSPS) is 20.7. The van der Waals surface area contributed by atoms with E-state index in [4.69, 9.17) is 4.74 Å². The second-order valence-electron chi connectivity index (χ2n) is 4.70. The lowest BCUT2D eigenvalue weighted by atomic mass is 10.1. The number of sulfonamides is 1. The van der Waals surface area contributed by atoms with Gasteiger partial charge in [0.05, 0.1) is 11.0 Å². The first-order valence-corrected chi connectivity index (χ1v) is 8.57. The first kappa shape index (κ1) is 15.0. The molecule has 1 fully saturated rings. The fraction of sp³-hybridized carbons (Fsp3) is 0.538. The van der Waals surface area contributed by atoms with Crippen molar-refractivity contribution < 1.29 is 13.2 Å². The Labute approximate surface area is 122 Å². The molecule has 106 valence electrons. The highest BCUT2D eigenvalue weighted by Crippen LogP contribution is 2.25. The maximum Gasteiger partial charge on any atom is 0.244 e. The summed E-state index contributed by atoms with van der Waals surface area (Å²) in [7, 11) is -1.86. The largest absolute Gasteiger partial charge is 0.377 e. The van der Waals surface area contributed by atoms with Gasteiger partial charge in [-0.1, -0.05) is 12.1 Å². The summed E-state index contributed by atoms with van der Waals surface area (Å²) in [6, 6.07) is 6.87. The van der Waals surface area contributed by atoms with Crippen molar-refractivity contribution in [3.05, 3.63) is 28.7 Å². The predicted octanol–water partition coefficient (Wildman–Crippen LogP) is 2.64. The Hall–Kier alpha value is -0.430. The van der Waals surface area contributed by atoms with Crippen molar-refractivity contribution in [1.29, 1.82) is 0 Å². The van der Waals surface area contributed by atoms with Crippen molar-refractivity contribution in [2.24, 2.45) is 0 Å². The van der Waals surface area contributed by atoms with Crippen LogP contribution >= 0.6 is 15.9 Å². The van der Waals surface area contributed by atoms with Gasteiger partial charge >= 0.3 is 0 Å². The van der Waals surface area contributed by atoms with E-state index in [0.29, 0.717) is 15.9 Å². The summed E-state index contributed by atoms with van der Waals surface area (Å²) in [4.78, 5) is 0.299. The lowest BCUT2D eigenvalue weighted by Gasteiger charge is -2.27. The van der Waals surface area contributed by atoms with Gasteiger partial charge in [-0.3, -0.25) is 0 Å². The maximum atomic E-state index is 12.5. The van der Waals surface area contributed by atoms with E-state index in [1.165, 1.54) is 4.31 Å². The molecule has 19 heavy (non-hydrogen) atoms. The molecule has 0 amide bonds. The van der Waals surface area contributed by atoms with Crippen molar-refractivity contribution in [2.45, 2.75) is 30.3 Å². The Morgan fingerprint density at radius 2 is 2.11 bits per heavy atom. The molecule has 0 spiro atoms. The van der Waals surface area contributed by atoms with Gasteiger partial charge in [-0.15, -0.1) is 0 Å². The molecular weight excluding hydrogens is 330 g/mol. The highest BCUT2D eigenvalue weighted by molar-refractivity contribution is 9.10. The molecule has 1 aliphatic heterocycles. The predicted molar refractivity (Wildman–Crippen MR) is 77.5 cm³/mol. The molecule has 1 aromatic rings. The van der Waals surface area contributed by atoms with Crippen LogP contribution in [0.2, 0.25) is 0 Å². The van der Waals surface area contributed by atoms with Crippen LogP contribution in [0.3, 0.4) is 0 Å². The molecule has 0 radical (unpaired) electrons. The van der Waals surface area contributed by atoms with E-state index < -0.39 is 10.0 Å². The summed E-state index contributed by atoms with van der Waals surface area (Å²) in [6.45, 7) is 1.14. The monoisotopic (exact) mass is 347 g/mol. The number of nitrogens with zero attached hydrogens (tertiary/aromatic N) is 1. The molecule has 4 nitrogen and oxygen atoms in total. The number of likely N-dealkylation sites (N-methyl/N-ethyl adjacent to an activating group) is 1. The van der Waals surface area contributed by atoms with Crippen molar-refractivity contribution in [3.8, 4) is 0 Å². The minimum Gasteiger partial charge on any atom is -0.377 e. The lowest BCUT2D eigenvalue weighted by Crippen LogP contribution is -2.37. The van der Waals surface area contributed by atoms with Gasteiger partial charge in [-0.05, 0) is 47.3 Å². The van der Waals surface area contributed by atoms with E-state index in [9.17, 15) is 8.42 Å².